The minimum Gasteiger partial charge on any atom is -0.444 e. The summed E-state index contributed by atoms with van der Waals surface area (Å²) < 4.78 is 5.88. The fourth-order valence-corrected chi connectivity index (χ4v) is 2.93. The molecule has 2 aromatic rings. The molecule has 144 valence electrons. The average Bonchev–Trinajstić information content (AvgIpc) is 2.59. The number of halogens is 2. The lowest BCUT2D eigenvalue weighted by Gasteiger charge is -2.24. The van der Waals surface area contributed by atoms with Crippen LogP contribution in [0.5, 0.6) is 0 Å². The SMILES string of the molecule is CC(C)(C)OC(=O)NCCN(C(=O)c1cc(Cl)ccc1Br)c1ccccc1. The summed E-state index contributed by atoms with van der Waals surface area (Å²) in [6, 6.07) is 14.3. The van der Waals surface area contributed by atoms with Crippen LogP contribution in [0, 0.1) is 0 Å². The van der Waals surface area contributed by atoms with E-state index in [4.69, 9.17) is 16.3 Å². The van der Waals surface area contributed by atoms with Crippen molar-refractivity contribution >= 4 is 45.2 Å². The predicted molar refractivity (Wildman–Crippen MR) is 112 cm³/mol. The highest BCUT2D eigenvalue weighted by Gasteiger charge is 2.21. The number of hydrogen-bond donors (Lipinski definition) is 1. The van der Waals surface area contributed by atoms with Gasteiger partial charge in [-0.05, 0) is 67.0 Å². The molecule has 0 radical (unpaired) electrons. The van der Waals surface area contributed by atoms with Gasteiger partial charge in [-0.25, -0.2) is 4.79 Å². The van der Waals surface area contributed by atoms with Crippen molar-refractivity contribution < 1.29 is 14.3 Å². The lowest BCUT2D eigenvalue weighted by atomic mass is 10.1. The molecule has 0 atom stereocenters. The van der Waals surface area contributed by atoms with Crippen molar-refractivity contribution in [2.45, 2.75) is 26.4 Å². The van der Waals surface area contributed by atoms with E-state index in [9.17, 15) is 9.59 Å². The molecule has 0 fully saturated rings. The van der Waals surface area contributed by atoms with E-state index in [0.717, 1.165) is 5.69 Å². The third-order valence-electron chi connectivity index (χ3n) is 3.48. The first kappa shape index (κ1) is 21.3. The highest BCUT2D eigenvalue weighted by molar-refractivity contribution is 9.10. The Hall–Kier alpha value is -2.05. The Kier molecular flexibility index (Phi) is 7.27. The number of alkyl carbamates (subject to hydrolysis) is 1. The maximum atomic E-state index is 13.1. The van der Waals surface area contributed by atoms with Crippen molar-refractivity contribution in [2.75, 3.05) is 18.0 Å². The Morgan fingerprint density at radius 3 is 2.44 bits per heavy atom. The minimum atomic E-state index is -0.579. The maximum Gasteiger partial charge on any atom is 0.407 e. The zero-order valence-corrected chi connectivity index (χ0v) is 17.8. The van der Waals surface area contributed by atoms with Gasteiger partial charge in [0.05, 0.1) is 5.56 Å². The first-order valence-electron chi connectivity index (χ1n) is 8.46. The van der Waals surface area contributed by atoms with Crippen molar-refractivity contribution in [1.82, 2.24) is 5.32 Å². The number of carbonyl (C=O) groups excluding carboxylic acids is 2. The number of nitrogens with one attached hydrogen (secondary N) is 1. The van der Waals surface area contributed by atoms with Gasteiger partial charge in [0.25, 0.3) is 5.91 Å². The summed E-state index contributed by atoms with van der Waals surface area (Å²) in [5.74, 6) is -0.221. The van der Waals surface area contributed by atoms with Crippen LogP contribution in [0.2, 0.25) is 5.02 Å². The summed E-state index contributed by atoms with van der Waals surface area (Å²) in [7, 11) is 0. The summed E-state index contributed by atoms with van der Waals surface area (Å²) in [6.45, 7) is 5.91. The van der Waals surface area contributed by atoms with Crippen molar-refractivity contribution in [3.63, 3.8) is 0 Å². The molecule has 7 heteroatoms. The molecule has 1 N–H and O–H groups in total. The highest BCUT2D eigenvalue weighted by Crippen LogP contribution is 2.25. The number of benzene rings is 2. The van der Waals surface area contributed by atoms with Gasteiger partial charge in [0.1, 0.15) is 5.60 Å². The Morgan fingerprint density at radius 2 is 1.81 bits per heavy atom. The van der Waals surface area contributed by atoms with Crippen molar-refractivity contribution in [3.05, 3.63) is 63.6 Å². The van der Waals surface area contributed by atoms with Crippen molar-refractivity contribution in [1.29, 1.82) is 0 Å². The summed E-state index contributed by atoms with van der Waals surface area (Å²) in [5, 5.41) is 3.15. The molecule has 0 saturated heterocycles. The summed E-state index contributed by atoms with van der Waals surface area (Å²) in [4.78, 5) is 26.6. The fraction of sp³-hybridized carbons (Fsp3) is 0.300. The van der Waals surface area contributed by atoms with Gasteiger partial charge in [-0.2, -0.15) is 0 Å². The molecule has 0 aromatic heterocycles. The molecule has 2 rings (SSSR count). The van der Waals surface area contributed by atoms with E-state index in [0.29, 0.717) is 15.1 Å². The molecule has 0 aliphatic rings. The number of hydrogen-bond acceptors (Lipinski definition) is 3. The van der Waals surface area contributed by atoms with E-state index in [1.807, 2.05) is 30.3 Å². The van der Waals surface area contributed by atoms with Gasteiger partial charge in [-0.15, -0.1) is 0 Å². The topological polar surface area (TPSA) is 58.6 Å². The molecular weight excluding hydrogens is 432 g/mol. The summed E-state index contributed by atoms with van der Waals surface area (Å²) in [6.07, 6.45) is -0.521. The molecule has 2 amide bonds. The van der Waals surface area contributed by atoms with E-state index in [1.165, 1.54) is 0 Å². The molecule has 5 nitrogen and oxygen atoms in total. The Labute approximate surface area is 172 Å². The molecule has 0 unspecified atom stereocenters. The standard InChI is InChI=1S/C20H22BrClN2O3/c1-20(2,3)27-19(26)23-11-12-24(15-7-5-4-6-8-15)18(25)16-13-14(22)9-10-17(16)21/h4-10,13H,11-12H2,1-3H3,(H,23,26). The van der Waals surface area contributed by atoms with E-state index in [2.05, 4.69) is 21.2 Å². The van der Waals surface area contributed by atoms with Gasteiger partial charge < -0.3 is 15.0 Å². The Balaban J connectivity index is 2.16. The van der Waals surface area contributed by atoms with Crippen LogP contribution in [0.25, 0.3) is 0 Å². The van der Waals surface area contributed by atoms with Crippen LogP contribution in [-0.2, 0) is 4.74 Å². The van der Waals surface area contributed by atoms with Crippen LogP contribution in [0.1, 0.15) is 31.1 Å². The molecule has 0 heterocycles. The van der Waals surface area contributed by atoms with Gasteiger partial charge in [-0.1, -0.05) is 29.8 Å². The highest BCUT2D eigenvalue weighted by atomic mass is 79.9. The van der Waals surface area contributed by atoms with Gasteiger partial charge in [0, 0.05) is 28.3 Å². The maximum absolute atomic E-state index is 13.1. The number of para-hydroxylation sites is 1. The number of nitrogens with zero attached hydrogens (tertiary/aromatic N) is 1. The van der Waals surface area contributed by atoms with E-state index >= 15 is 0 Å². The molecule has 0 aliphatic carbocycles. The zero-order chi connectivity index (χ0) is 20.0. The van der Waals surface area contributed by atoms with E-state index < -0.39 is 11.7 Å². The predicted octanol–water partition coefficient (Wildman–Crippen LogP) is 5.27. The summed E-state index contributed by atoms with van der Waals surface area (Å²) in [5.41, 5.74) is 0.592. The van der Waals surface area contributed by atoms with Crippen LogP contribution in [-0.4, -0.2) is 30.7 Å². The molecule has 0 aliphatic heterocycles. The third kappa shape index (κ3) is 6.56. The van der Waals surface area contributed by atoms with Crippen LogP contribution in [0.4, 0.5) is 10.5 Å². The largest absolute Gasteiger partial charge is 0.444 e. The molecule has 2 aromatic carbocycles. The van der Waals surface area contributed by atoms with Crippen LogP contribution < -0.4 is 10.2 Å². The second kappa shape index (κ2) is 9.24. The first-order valence-corrected chi connectivity index (χ1v) is 9.63. The van der Waals surface area contributed by atoms with Crippen LogP contribution in [0.15, 0.2) is 53.0 Å². The molecule has 27 heavy (non-hydrogen) atoms. The quantitative estimate of drug-likeness (QED) is 0.670. The smallest absolute Gasteiger partial charge is 0.407 e. The van der Waals surface area contributed by atoms with E-state index in [1.54, 1.807) is 43.9 Å². The van der Waals surface area contributed by atoms with Crippen LogP contribution in [0.3, 0.4) is 0 Å². The minimum absolute atomic E-state index is 0.221. The lowest BCUT2D eigenvalue weighted by Crippen LogP contribution is -2.40. The fourth-order valence-electron chi connectivity index (χ4n) is 2.35. The van der Waals surface area contributed by atoms with Gasteiger partial charge in [0.2, 0.25) is 0 Å². The normalized spacial score (nSPS) is 11.0. The third-order valence-corrected chi connectivity index (χ3v) is 4.40. The van der Waals surface area contributed by atoms with E-state index in [-0.39, 0.29) is 19.0 Å². The van der Waals surface area contributed by atoms with Crippen LogP contribution >= 0.6 is 27.5 Å². The second-order valence-electron chi connectivity index (χ2n) is 6.85. The summed E-state index contributed by atoms with van der Waals surface area (Å²) >= 11 is 9.45. The average molecular weight is 454 g/mol. The number of amides is 2. The van der Waals surface area contributed by atoms with Gasteiger partial charge >= 0.3 is 6.09 Å². The molecule has 0 bridgehead atoms. The lowest BCUT2D eigenvalue weighted by molar-refractivity contribution is 0.0528. The second-order valence-corrected chi connectivity index (χ2v) is 8.14. The number of ether oxygens (including phenoxy) is 1. The molecule has 0 saturated carbocycles. The number of rotatable bonds is 5. The van der Waals surface area contributed by atoms with Gasteiger partial charge in [-0.3, -0.25) is 4.79 Å². The molecular formula is C20H22BrClN2O3. The van der Waals surface area contributed by atoms with Crippen molar-refractivity contribution in [2.24, 2.45) is 0 Å². The Bertz CT molecular complexity index is 807. The number of anilines is 1. The van der Waals surface area contributed by atoms with Crippen molar-refractivity contribution in [3.8, 4) is 0 Å². The number of carbonyl (C=O) groups is 2. The molecule has 0 spiro atoms. The zero-order valence-electron chi connectivity index (χ0n) is 15.5. The van der Waals surface area contributed by atoms with Gasteiger partial charge in [0.15, 0.2) is 0 Å². The Morgan fingerprint density at radius 1 is 1.15 bits per heavy atom. The first-order chi connectivity index (χ1) is 12.7. The monoisotopic (exact) mass is 452 g/mol.